The van der Waals surface area contributed by atoms with E-state index in [0.717, 1.165) is 32.7 Å². The third kappa shape index (κ3) is 3.67. The van der Waals surface area contributed by atoms with Crippen LogP contribution in [0.4, 0.5) is 0 Å². The smallest absolute Gasteiger partial charge is 0.219 e. The van der Waals surface area contributed by atoms with E-state index in [0.29, 0.717) is 0 Å². The fourth-order valence-electron chi connectivity index (χ4n) is 2.11. The lowest BCUT2D eigenvalue weighted by Crippen LogP contribution is -2.47. The molecule has 17 heavy (non-hydrogen) atoms. The Morgan fingerprint density at radius 2 is 2.00 bits per heavy atom. The van der Waals surface area contributed by atoms with E-state index in [2.05, 4.69) is 51.8 Å². The highest BCUT2D eigenvalue weighted by molar-refractivity contribution is 14.1. The quantitative estimate of drug-likeness (QED) is 0.766. The van der Waals surface area contributed by atoms with Crippen LogP contribution in [0.2, 0.25) is 0 Å². The number of benzene rings is 1. The topological polar surface area (TPSA) is 23.6 Å². The Bertz CT molecular complexity index is 400. The van der Waals surface area contributed by atoms with Gasteiger partial charge in [0.05, 0.1) is 0 Å². The van der Waals surface area contributed by atoms with Crippen molar-refractivity contribution in [2.75, 3.05) is 26.2 Å². The Labute approximate surface area is 116 Å². The predicted molar refractivity (Wildman–Crippen MR) is 76.7 cm³/mol. The number of carbonyl (C=O) groups is 1. The minimum Gasteiger partial charge on any atom is -0.340 e. The zero-order valence-corrected chi connectivity index (χ0v) is 12.2. The molecule has 3 nitrogen and oxygen atoms in total. The Morgan fingerprint density at radius 3 is 2.59 bits per heavy atom. The Morgan fingerprint density at radius 1 is 1.29 bits per heavy atom. The van der Waals surface area contributed by atoms with Crippen molar-refractivity contribution in [3.05, 3.63) is 33.4 Å². The van der Waals surface area contributed by atoms with Gasteiger partial charge in [-0.2, -0.15) is 0 Å². The van der Waals surface area contributed by atoms with Gasteiger partial charge in [-0.3, -0.25) is 9.69 Å². The molecule has 0 spiro atoms. The lowest BCUT2D eigenvalue weighted by molar-refractivity contribution is -0.130. The van der Waals surface area contributed by atoms with Gasteiger partial charge in [-0.25, -0.2) is 0 Å². The molecule has 0 radical (unpaired) electrons. The molecule has 1 heterocycles. The van der Waals surface area contributed by atoms with Crippen molar-refractivity contribution in [2.45, 2.75) is 13.5 Å². The summed E-state index contributed by atoms with van der Waals surface area (Å²) in [5.74, 6) is 0.193. The number of rotatable bonds is 2. The van der Waals surface area contributed by atoms with Crippen LogP contribution in [0.15, 0.2) is 24.3 Å². The molecule has 1 aromatic rings. The molecule has 1 saturated heterocycles. The summed E-state index contributed by atoms with van der Waals surface area (Å²) < 4.78 is 1.28. The van der Waals surface area contributed by atoms with E-state index in [1.165, 1.54) is 9.13 Å². The molecule has 1 aliphatic heterocycles. The van der Waals surface area contributed by atoms with Crippen molar-refractivity contribution >= 4 is 28.5 Å². The SMILES string of the molecule is CC(=O)N1CCN(Cc2cccc(I)c2)CC1. The molecule has 0 atom stereocenters. The number of hydrogen-bond acceptors (Lipinski definition) is 2. The monoisotopic (exact) mass is 344 g/mol. The average molecular weight is 344 g/mol. The number of piperazine rings is 1. The van der Waals surface area contributed by atoms with Crippen molar-refractivity contribution in [1.82, 2.24) is 9.80 Å². The van der Waals surface area contributed by atoms with Gasteiger partial charge in [-0.05, 0) is 40.3 Å². The maximum atomic E-state index is 11.2. The molecule has 1 aliphatic rings. The summed E-state index contributed by atoms with van der Waals surface area (Å²) in [6.07, 6.45) is 0. The molecule has 92 valence electrons. The summed E-state index contributed by atoms with van der Waals surface area (Å²) >= 11 is 2.34. The van der Waals surface area contributed by atoms with E-state index >= 15 is 0 Å². The minimum atomic E-state index is 0.193. The molecule has 4 heteroatoms. The highest BCUT2D eigenvalue weighted by Gasteiger charge is 2.18. The largest absolute Gasteiger partial charge is 0.340 e. The third-order valence-electron chi connectivity index (χ3n) is 3.11. The van der Waals surface area contributed by atoms with Crippen LogP contribution in [0.3, 0.4) is 0 Å². The molecule has 0 aliphatic carbocycles. The van der Waals surface area contributed by atoms with Crippen molar-refractivity contribution in [1.29, 1.82) is 0 Å². The van der Waals surface area contributed by atoms with E-state index in [4.69, 9.17) is 0 Å². The first-order valence-corrected chi connectivity index (χ1v) is 6.95. The predicted octanol–water partition coefficient (Wildman–Crippen LogP) is 1.96. The fourth-order valence-corrected chi connectivity index (χ4v) is 2.72. The van der Waals surface area contributed by atoms with Crippen LogP contribution in [0.25, 0.3) is 0 Å². The molecule has 1 fully saturated rings. The number of hydrogen-bond donors (Lipinski definition) is 0. The average Bonchev–Trinajstić information content (AvgIpc) is 2.29. The van der Waals surface area contributed by atoms with Crippen LogP contribution in [0, 0.1) is 3.57 Å². The maximum Gasteiger partial charge on any atom is 0.219 e. The van der Waals surface area contributed by atoms with Gasteiger partial charge in [0, 0.05) is 43.2 Å². The summed E-state index contributed by atoms with van der Waals surface area (Å²) in [5.41, 5.74) is 1.35. The molecule has 0 saturated carbocycles. The van der Waals surface area contributed by atoms with E-state index in [1.54, 1.807) is 6.92 Å². The van der Waals surface area contributed by atoms with Gasteiger partial charge in [0.2, 0.25) is 5.91 Å². The molecule has 0 N–H and O–H groups in total. The second kappa shape index (κ2) is 5.82. The van der Waals surface area contributed by atoms with Crippen LogP contribution in [-0.4, -0.2) is 41.9 Å². The standard InChI is InChI=1S/C13H17IN2O/c1-11(17)16-7-5-15(6-8-16)10-12-3-2-4-13(14)9-12/h2-4,9H,5-8,10H2,1H3. The fraction of sp³-hybridized carbons (Fsp3) is 0.462. The maximum absolute atomic E-state index is 11.2. The second-order valence-corrected chi connectivity index (χ2v) is 5.66. The van der Waals surface area contributed by atoms with Gasteiger partial charge in [-0.1, -0.05) is 12.1 Å². The first kappa shape index (κ1) is 12.8. The van der Waals surface area contributed by atoms with Crippen LogP contribution < -0.4 is 0 Å². The number of halogens is 1. The van der Waals surface area contributed by atoms with Gasteiger partial charge in [0.1, 0.15) is 0 Å². The van der Waals surface area contributed by atoms with Gasteiger partial charge >= 0.3 is 0 Å². The van der Waals surface area contributed by atoms with Crippen molar-refractivity contribution in [2.24, 2.45) is 0 Å². The van der Waals surface area contributed by atoms with Crippen LogP contribution >= 0.6 is 22.6 Å². The number of amides is 1. The lowest BCUT2D eigenvalue weighted by Gasteiger charge is -2.34. The summed E-state index contributed by atoms with van der Waals surface area (Å²) in [4.78, 5) is 15.5. The summed E-state index contributed by atoms with van der Waals surface area (Å²) in [7, 11) is 0. The highest BCUT2D eigenvalue weighted by atomic mass is 127. The molecule has 0 bridgehead atoms. The van der Waals surface area contributed by atoms with E-state index < -0.39 is 0 Å². The minimum absolute atomic E-state index is 0.193. The van der Waals surface area contributed by atoms with Crippen molar-refractivity contribution in [3.63, 3.8) is 0 Å². The molecule has 2 rings (SSSR count). The summed E-state index contributed by atoms with van der Waals surface area (Å²) in [6, 6.07) is 8.60. The Balaban J connectivity index is 1.88. The van der Waals surface area contributed by atoms with Crippen LogP contribution in [0.5, 0.6) is 0 Å². The van der Waals surface area contributed by atoms with Crippen LogP contribution in [-0.2, 0) is 11.3 Å². The first-order chi connectivity index (χ1) is 8.15. The molecule has 0 unspecified atom stereocenters. The summed E-state index contributed by atoms with van der Waals surface area (Å²) in [5, 5.41) is 0. The van der Waals surface area contributed by atoms with Gasteiger partial charge in [-0.15, -0.1) is 0 Å². The van der Waals surface area contributed by atoms with Gasteiger partial charge < -0.3 is 4.90 Å². The number of carbonyl (C=O) groups excluding carboxylic acids is 1. The zero-order valence-electron chi connectivity index (χ0n) is 10.0. The highest BCUT2D eigenvalue weighted by Crippen LogP contribution is 2.12. The van der Waals surface area contributed by atoms with Crippen LogP contribution in [0.1, 0.15) is 12.5 Å². The van der Waals surface area contributed by atoms with E-state index in [1.807, 2.05) is 4.90 Å². The van der Waals surface area contributed by atoms with E-state index in [-0.39, 0.29) is 5.91 Å². The van der Waals surface area contributed by atoms with Gasteiger partial charge in [0.15, 0.2) is 0 Å². The van der Waals surface area contributed by atoms with E-state index in [9.17, 15) is 4.79 Å². The molecule has 1 amide bonds. The number of nitrogens with zero attached hydrogens (tertiary/aromatic N) is 2. The molecular formula is C13H17IN2O. The van der Waals surface area contributed by atoms with Gasteiger partial charge in [0.25, 0.3) is 0 Å². The third-order valence-corrected chi connectivity index (χ3v) is 3.78. The normalized spacial score (nSPS) is 17.2. The molecule has 1 aromatic carbocycles. The van der Waals surface area contributed by atoms with Crippen molar-refractivity contribution in [3.8, 4) is 0 Å². The lowest BCUT2D eigenvalue weighted by atomic mass is 10.2. The Hall–Kier alpha value is -0.620. The molecule has 0 aromatic heterocycles. The Kier molecular flexibility index (Phi) is 4.39. The first-order valence-electron chi connectivity index (χ1n) is 5.87. The molecular weight excluding hydrogens is 327 g/mol. The zero-order chi connectivity index (χ0) is 12.3. The van der Waals surface area contributed by atoms with Crippen molar-refractivity contribution < 1.29 is 4.79 Å². The summed E-state index contributed by atoms with van der Waals surface area (Å²) in [6.45, 7) is 6.31. The second-order valence-electron chi connectivity index (χ2n) is 4.41.